The van der Waals surface area contributed by atoms with Crippen molar-refractivity contribution in [3.63, 3.8) is 0 Å². The number of hydrogen-bond acceptors (Lipinski definition) is 4. The van der Waals surface area contributed by atoms with E-state index in [2.05, 4.69) is 25.4 Å². The molecule has 0 radical (unpaired) electrons. The molecule has 2 rings (SSSR count). The second-order valence-electron chi connectivity index (χ2n) is 6.15. The summed E-state index contributed by atoms with van der Waals surface area (Å²) in [5.41, 5.74) is 2.53. The van der Waals surface area contributed by atoms with Crippen molar-refractivity contribution >= 4 is 28.5 Å². The maximum absolute atomic E-state index is 12.4. The third-order valence-corrected chi connectivity index (χ3v) is 4.28. The molecular weight excluding hydrogens is 308 g/mol. The Morgan fingerprint density at radius 1 is 1.48 bits per heavy atom. The number of hydrogen-bond donors (Lipinski definition) is 0. The lowest BCUT2D eigenvalue weighted by atomic mass is 10.1. The van der Waals surface area contributed by atoms with Crippen molar-refractivity contribution in [2.45, 2.75) is 34.1 Å². The van der Waals surface area contributed by atoms with Crippen molar-refractivity contribution in [3.8, 4) is 5.75 Å². The quantitative estimate of drug-likeness (QED) is 0.776. The van der Waals surface area contributed by atoms with Gasteiger partial charge >= 0.3 is 0 Å². The van der Waals surface area contributed by atoms with Crippen LogP contribution in [0.25, 0.3) is 0 Å². The van der Waals surface area contributed by atoms with Crippen LogP contribution in [-0.4, -0.2) is 23.4 Å². The molecule has 0 unspecified atom stereocenters. The van der Waals surface area contributed by atoms with Gasteiger partial charge in [0.25, 0.3) is 0 Å². The van der Waals surface area contributed by atoms with Gasteiger partial charge in [0.05, 0.1) is 18.0 Å². The predicted molar refractivity (Wildman–Crippen MR) is 98.3 cm³/mol. The number of carbonyl (C=O) groups excluding carboxylic acids is 1. The summed E-state index contributed by atoms with van der Waals surface area (Å²) in [6, 6.07) is 5.90. The Balaban J connectivity index is 2.34. The molecule has 124 valence electrons. The highest BCUT2D eigenvalue weighted by atomic mass is 32.2. The summed E-state index contributed by atoms with van der Waals surface area (Å²) in [5.74, 6) is 1.72. The summed E-state index contributed by atoms with van der Waals surface area (Å²) in [5, 5.41) is 0.668. The Labute approximate surface area is 142 Å². The number of amides is 1. The number of rotatable bonds is 6. The van der Waals surface area contributed by atoms with Gasteiger partial charge in [0.2, 0.25) is 5.91 Å². The molecular formula is C18H24N2O2S. The van der Waals surface area contributed by atoms with Gasteiger partial charge in [-0.05, 0) is 43.9 Å². The van der Waals surface area contributed by atoms with Crippen molar-refractivity contribution in [3.05, 3.63) is 36.0 Å². The van der Waals surface area contributed by atoms with Gasteiger partial charge in [-0.3, -0.25) is 9.69 Å². The topological polar surface area (TPSA) is 41.9 Å². The van der Waals surface area contributed by atoms with Gasteiger partial charge in [0.15, 0.2) is 5.17 Å². The summed E-state index contributed by atoms with van der Waals surface area (Å²) in [6.07, 6.45) is 0.975. The van der Waals surface area contributed by atoms with E-state index in [1.165, 1.54) is 11.8 Å². The summed E-state index contributed by atoms with van der Waals surface area (Å²) in [6.45, 7) is 12.6. The first-order valence-electron chi connectivity index (χ1n) is 7.82. The maximum Gasteiger partial charge on any atom is 0.243 e. The number of allylic oxidation sites excluding steroid dienone is 1. The van der Waals surface area contributed by atoms with Gasteiger partial charge in [-0.25, -0.2) is 4.99 Å². The Morgan fingerprint density at radius 2 is 2.22 bits per heavy atom. The minimum absolute atomic E-state index is 0.0225. The minimum atomic E-state index is 0.0225. The molecule has 0 saturated carbocycles. The lowest BCUT2D eigenvalue weighted by Gasteiger charge is -2.21. The summed E-state index contributed by atoms with van der Waals surface area (Å²) < 4.78 is 5.94. The molecule has 1 aromatic carbocycles. The molecule has 1 heterocycles. The van der Waals surface area contributed by atoms with E-state index in [-0.39, 0.29) is 5.91 Å². The highest BCUT2D eigenvalue weighted by Crippen LogP contribution is 2.35. The molecule has 0 bridgehead atoms. The van der Waals surface area contributed by atoms with Crippen LogP contribution in [0.3, 0.4) is 0 Å². The first kappa shape index (κ1) is 17.6. The summed E-state index contributed by atoms with van der Waals surface area (Å²) >= 11 is 1.44. The number of benzene rings is 1. The van der Waals surface area contributed by atoms with Crippen LogP contribution in [0, 0.1) is 12.8 Å². The summed E-state index contributed by atoms with van der Waals surface area (Å²) in [7, 11) is 0. The number of aliphatic imine (C=N–C) groups is 1. The molecule has 1 amide bonds. The zero-order valence-electron chi connectivity index (χ0n) is 14.3. The van der Waals surface area contributed by atoms with Crippen LogP contribution < -0.4 is 9.64 Å². The van der Waals surface area contributed by atoms with E-state index >= 15 is 0 Å². The Kier molecular flexibility index (Phi) is 5.88. The van der Waals surface area contributed by atoms with E-state index in [1.54, 1.807) is 4.90 Å². The fourth-order valence-corrected chi connectivity index (χ4v) is 3.11. The molecule has 5 heteroatoms. The molecule has 0 aliphatic carbocycles. The summed E-state index contributed by atoms with van der Waals surface area (Å²) in [4.78, 5) is 18.4. The molecule has 0 spiro atoms. The molecule has 1 aliphatic rings. The highest BCUT2D eigenvalue weighted by molar-refractivity contribution is 8.15. The normalized spacial score (nSPS) is 16.5. The van der Waals surface area contributed by atoms with E-state index < -0.39 is 0 Å². The monoisotopic (exact) mass is 332 g/mol. The Hall–Kier alpha value is -1.75. The lowest BCUT2D eigenvalue weighted by molar-refractivity contribution is -0.115. The van der Waals surface area contributed by atoms with Crippen molar-refractivity contribution in [1.29, 1.82) is 0 Å². The second-order valence-corrected chi connectivity index (χ2v) is 7.09. The molecule has 0 atom stereocenters. The van der Waals surface area contributed by atoms with Gasteiger partial charge in [0.1, 0.15) is 5.75 Å². The number of anilines is 1. The molecule has 1 fully saturated rings. The van der Waals surface area contributed by atoms with E-state index in [9.17, 15) is 4.79 Å². The van der Waals surface area contributed by atoms with Gasteiger partial charge in [-0.2, -0.15) is 0 Å². The van der Waals surface area contributed by atoms with Crippen molar-refractivity contribution in [2.75, 3.05) is 17.3 Å². The second kappa shape index (κ2) is 7.68. The largest absolute Gasteiger partial charge is 0.491 e. The van der Waals surface area contributed by atoms with Crippen molar-refractivity contribution in [2.24, 2.45) is 10.9 Å². The standard InChI is InChI=1S/C18H24N2O2S/c1-12(2)8-9-22-16-7-6-14(5)10-15(16)20-17(21)11-23-18(20)19-13(3)4/h6-7,10,12H,3,8-9,11H2,1-2,4-5H3. The molecule has 23 heavy (non-hydrogen) atoms. The van der Waals surface area contributed by atoms with Crippen LogP contribution in [0.1, 0.15) is 32.8 Å². The number of aryl methyl sites for hydroxylation is 1. The fourth-order valence-electron chi connectivity index (χ4n) is 2.17. The molecule has 1 saturated heterocycles. The van der Waals surface area contributed by atoms with Crippen LogP contribution in [0.4, 0.5) is 5.69 Å². The van der Waals surface area contributed by atoms with Gasteiger partial charge < -0.3 is 4.74 Å². The van der Waals surface area contributed by atoms with E-state index in [1.807, 2.05) is 32.0 Å². The molecule has 1 aromatic rings. The lowest BCUT2D eigenvalue weighted by Crippen LogP contribution is -2.30. The van der Waals surface area contributed by atoms with Crippen LogP contribution in [0.5, 0.6) is 5.75 Å². The van der Waals surface area contributed by atoms with Crippen LogP contribution in [-0.2, 0) is 4.79 Å². The Morgan fingerprint density at radius 3 is 2.87 bits per heavy atom. The highest BCUT2D eigenvalue weighted by Gasteiger charge is 2.31. The van der Waals surface area contributed by atoms with Crippen LogP contribution in [0.15, 0.2) is 35.5 Å². The maximum atomic E-state index is 12.4. The van der Waals surface area contributed by atoms with Gasteiger partial charge in [-0.15, -0.1) is 0 Å². The number of carbonyl (C=O) groups is 1. The zero-order chi connectivity index (χ0) is 17.0. The third kappa shape index (κ3) is 4.61. The molecule has 4 nitrogen and oxygen atoms in total. The minimum Gasteiger partial charge on any atom is -0.491 e. The van der Waals surface area contributed by atoms with E-state index in [4.69, 9.17) is 4.74 Å². The fraction of sp³-hybridized carbons (Fsp3) is 0.444. The molecule has 0 aromatic heterocycles. The SMILES string of the molecule is C=C(C)N=C1SCC(=O)N1c1cc(C)ccc1OCCC(C)C. The van der Waals surface area contributed by atoms with E-state index in [0.717, 1.165) is 23.4 Å². The average molecular weight is 332 g/mol. The number of nitrogens with zero attached hydrogens (tertiary/aromatic N) is 2. The number of thioether (sulfide) groups is 1. The zero-order valence-corrected chi connectivity index (χ0v) is 15.1. The molecule has 1 aliphatic heterocycles. The van der Waals surface area contributed by atoms with Gasteiger partial charge in [-0.1, -0.05) is 38.3 Å². The van der Waals surface area contributed by atoms with E-state index in [0.29, 0.717) is 29.1 Å². The number of ether oxygens (including phenoxy) is 1. The van der Waals surface area contributed by atoms with Crippen molar-refractivity contribution < 1.29 is 9.53 Å². The molecule has 0 N–H and O–H groups in total. The van der Waals surface area contributed by atoms with Crippen LogP contribution >= 0.6 is 11.8 Å². The smallest absolute Gasteiger partial charge is 0.243 e. The predicted octanol–water partition coefficient (Wildman–Crippen LogP) is 4.39. The van der Waals surface area contributed by atoms with Crippen LogP contribution in [0.2, 0.25) is 0 Å². The number of amidine groups is 1. The third-order valence-electron chi connectivity index (χ3n) is 3.36. The van der Waals surface area contributed by atoms with Crippen molar-refractivity contribution in [1.82, 2.24) is 0 Å². The van der Waals surface area contributed by atoms with Gasteiger partial charge in [0, 0.05) is 5.70 Å². The first-order chi connectivity index (χ1) is 10.9. The first-order valence-corrected chi connectivity index (χ1v) is 8.80. The average Bonchev–Trinajstić information content (AvgIpc) is 2.80. The Bertz CT molecular complexity index is 638.